The predicted octanol–water partition coefficient (Wildman–Crippen LogP) is 0.0623. The highest BCUT2D eigenvalue weighted by atomic mass is 32.2. The zero-order valence-corrected chi connectivity index (χ0v) is 9.75. The highest BCUT2D eigenvalue weighted by molar-refractivity contribution is 7.99. The van der Waals surface area contributed by atoms with Crippen LogP contribution in [0.15, 0.2) is 0 Å². The summed E-state index contributed by atoms with van der Waals surface area (Å²) in [5.41, 5.74) is 0. The molecule has 1 amide bonds. The number of carbonyl (C=O) groups excluding carboxylic acids is 1. The number of aryl methyl sites for hydroxylation is 1. The van der Waals surface area contributed by atoms with Gasteiger partial charge in [-0.1, -0.05) is 0 Å². The molecule has 0 bridgehead atoms. The molecule has 1 rings (SSSR count). The third-order valence-electron chi connectivity index (χ3n) is 1.74. The van der Waals surface area contributed by atoms with E-state index in [1.54, 1.807) is 4.68 Å². The standard InChI is InChI=1S/C8H15N5OS/c1-3-9-8(14)6-15-5-7-10-11-12-13(7)4-2/h3-6H2,1-2H3,(H,9,14). The number of nitrogens with one attached hydrogen (secondary N) is 1. The van der Waals surface area contributed by atoms with Gasteiger partial charge >= 0.3 is 0 Å². The first-order valence-corrected chi connectivity index (χ1v) is 6.02. The molecule has 15 heavy (non-hydrogen) atoms. The molecule has 1 aromatic heterocycles. The normalized spacial score (nSPS) is 10.3. The van der Waals surface area contributed by atoms with Crippen molar-refractivity contribution >= 4 is 17.7 Å². The Morgan fingerprint density at radius 2 is 2.33 bits per heavy atom. The molecule has 0 spiro atoms. The first kappa shape index (κ1) is 12.0. The van der Waals surface area contributed by atoms with Crippen molar-refractivity contribution in [1.29, 1.82) is 0 Å². The van der Waals surface area contributed by atoms with E-state index in [0.29, 0.717) is 18.1 Å². The monoisotopic (exact) mass is 229 g/mol. The van der Waals surface area contributed by atoms with Crippen LogP contribution in [-0.2, 0) is 17.1 Å². The molecule has 0 unspecified atom stereocenters. The number of carbonyl (C=O) groups is 1. The molecular formula is C8H15N5OS. The first-order chi connectivity index (χ1) is 7.27. The summed E-state index contributed by atoms with van der Waals surface area (Å²) in [5.74, 6) is 1.98. The summed E-state index contributed by atoms with van der Waals surface area (Å²) in [6.07, 6.45) is 0. The molecule has 1 N–H and O–H groups in total. The van der Waals surface area contributed by atoms with Crippen LogP contribution in [-0.4, -0.2) is 38.4 Å². The molecule has 0 aromatic carbocycles. The van der Waals surface area contributed by atoms with Crippen LogP contribution in [0.4, 0.5) is 0 Å². The average Bonchev–Trinajstić information content (AvgIpc) is 2.66. The van der Waals surface area contributed by atoms with E-state index < -0.39 is 0 Å². The van der Waals surface area contributed by atoms with Crippen LogP contribution in [0.5, 0.6) is 0 Å². The molecule has 1 heterocycles. The van der Waals surface area contributed by atoms with Gasteiger partial charge in [0.15, 0.2) is 5.82 Å². The molecule has 0 saturated carbocycles. The number of aromatic nitrogens is 4. The van der Waals surface area contributed by atoms with Gasteiger partial charge in [0.05, 0.1) is 11.5 Å². The van der Waals surface area contributed by atoms with Crippen LogP contribution >= 0.6 is 11.8 Å². The van der Waals surface area contributed by atoms with Crippen molar-refractivity contribution < 1.29 is 4.79 Å². The van der Waals surface area contributed by atoms with E-state index in [0.717, 1.165) is 12.4 Å². The summed E-state index contributed by atoms with van der Waals surface area (Å²) in [7, 11) is 0. The van der Waals surface area contributed by atoms with Crippen LogP contribution < -0.4 is 5.32 Å². The third-order valence-corrected chi connectivity index (χ3v) is 2.67. The minimum Gasteiger partial charge on any atom is -0.356 e. The quantitative estimate of drug-likeness (QED) is 0.747. The lowest BCUT2D eigenvalue weighted by Crippen LogP contribution is -2.24. The second kappa shape index (κ2) is 6.39. The van der Waals surface area contributed by atoms with Crippen molar-refractivity contribution in [2.75, 3.05) is 12.3 Å². The van der Waals surface area contributed by atoms with Gasteiger partial charge in [-0.2, -0.15) is 0 Å². The lowest BCUT2D eigenvalue weighted by atomic mass is 10.6. The van der Waals surface area contributed by atoms with Crippen LogP contribution in [0.25, 0.3) is 0 Å². The summed E-state index contributed by atoms with van der Waals surface area (Å²) < 4.78 is 1.73. The molecule has 7 heteroatoms. The zero-order valence-electron chi connectivity index (χ0n) is 8.93. The molecule has 0 fully saturated rings. The summed E-state index contributed by atoms with van der Waals surface area (Å²) in [6.45, 7) is 5.31. The number of thioether (sulfide) groups is 1. The SMILES string of the molecule is CCNC(=O)CSCc1nnnn1CC. The van der Waals surface area contributed by atoms with Crippen molar-refractivity contribution in [2.24, 2.45) is 0 Å². The lowest BCUT2D eigenvalue weighted by Gasteiger charge is -2.02. The van der Waals surface area contributed by atoms with E-state index >= 15 is 0 Å². The number of hydrogen-bond acceptors (Lipinski definition) is 5. The Labute approximate surface area is 92.8 Å². The van der Waals surface area contributed by atoms with Gasteiger partial charge < -0.3 is 5.32 Å². The van der Waals surface area contributed by atoms with Gasteiger partial charge in [-0.15, -0.1) is 16.9 Å². The minimum absolute atomic E-state index is 0.0537. The molecule has 0 atom stereocenters. The van der Waals surface area contributed by atoms with E-state index in [-0.39, 0.29) is 5.91 Å². The summed E-state index contributed by atoms with van der Waals surface area (Å²) in [6, 6.07) is 0. The van der Waals surface area contributed by atoms with Gasteiger partial charge in [0.25, 0.3) is 0 Å². The predicted molar refractivity (Wildman–Crippen MR) is 58.3 cm³/mol. The van der Waals surface area contributed by atoms with Crippen molar-refractivity contribution in [2.45, 2.75) is 26.1 Å². The van der Waals surface area contributed by atoms with Crippen LogP contribution in [0, 0.1) is 0 Å². The highest BCUT2D eigenvalue weighted by Crippen LogP contribution is 2.08. The first-order valence-electron chi connectivity index (χ1n) is 4.87. The van der Waals surface area contributed by atoms with Gasteiger partial charge in [-0.25, -0.2) is 4.68 Å². The van der Waals surface area contributed by atoms with E-state index in [2.05, 4.69) is 20.8 Å². The molecule has 84 valence electrons. The molecular weight excluding hydrogens is 214 g/mol. The zero-order chi connectivity index (χ0) is 11.1. The Bertz CT molecular complexity index is 314. The number of rotatable bonds is 6. The summed E-state index contributed by atoms with van der Waals surface area (Å²) in [4.78, 5) is 11.1. The summed E-state index contributed by atoms with van der Waals surface area (Å²) in [5, 5.41) is 14.0. The van der Waals surface area contributed by atoms with E-state index in [4.69, 9.17) is 0 Å². The number of hydrogen-bond donors (Lipinski definition) is 1. The van der Waals surface area contributed by atoms with Crippen LogP contribution in [0.1, 0.15) is 19.7 Å². The van der Waals surface area contributed by atoms with Crippen molar-refractivity contribution in [3.8, 4) is 0 Å². The summed E-state index contributed by atoms with van der Waals surface area (Å²) >= 11 is 1.51. The topological polar surface area (TPSA) is 72.7 Å². The van der Waals surface area contributed by atoms with E-state index in [1.165, 1.54) is 11.8 Å². The van der Waals surface area contributed by atoms with Gasteiger partial charge in [0, 0.05) is 13.1 Å². The van der Waals surface area contributed by atoms with E-state index in [9.17, 15) is 4.79 Å². The molecule has 0 aliphatic rings. The van der Waals surface area contributed by atoms with Gasteiger partial charge in [-0.3, -0.25) is 4.79 Å². The number of tetrazole rings is 1. The van der Waals surface area contributed by atoms with Crippen molar-refractivity contribution in [3.05, 3.63) is 5.82 Å². The van der Waals surface area contributed by atoms with Crippen molar-refractivity contribution in [3.63, 3.8) is 0 Å². The lowest BCUT2D eigenvalue weighted by molar-refractivity contribution is -0.118. The number of nitrogens with zero attached hydrogens (tertiary/aromatic N) is 4. The smallest absolute Gasteiger partial charge is 0.229 e. The third kappa shape index (κ3) is 3.86. The maximum absolute atomic E-state index is 11.1. The molecule has 0 radical (unpaired) electrons. The van der Waals surface area contributed by atoms with Crippen molar-refractivity contribution in [1.82, 2.24) is 25.5 Å². The Balaban J connectivity index is 2.28. The Morgan fingerprint density at radius 1 is 1.53 bits per heavy atom. The maximum Gasteiger partial charge on any atom is 0.229 e. The van der Waals surface area contributed by atoms with E-state index in [1.807, 2.05) is 13.8 Å². The highest BCUT2D eigenvalue weighted by Gasteiger charge is 2.05. The fourth-order valence-corrected chi connectivity index (χ4v) is 1.83. The van der Waals surface area contributed by atoms with Crippen LogP contribution in [0.3, 0.4) is 0 Å². The molecule has 0 aliphatic heterocycles. The van der Waals surface area contributed by atoms with Gasteiger partial charge in [0.2, 0.25) is 5.91 Å². The molecule has 6 nitrogen and oxygen atoms in total. The average molecular weight is 229 g/mol. The largest absolute Gasteiger partial charge is 0.356 e. The Morgan fingerprint density at radius 3 is 3.00 bits per heavy atom. The van der Waals surface area contributed by atoms with Crippen LogP contribution in [0.2, 0.25) is 0 Å². The molecule has 1 aromatic rings. The Kier molecular flexibility index (Phi) is 5.09. The fraction of sp³-hybridized carbons (Fsp3) is 0.750. The van der Waals surface area contributed by atoms with Gasteiger partial charge in [0.1, 0.15) is 0 Å². The second-order valence-corrected chi connectivity index (χ2v) is 3.84. The fourth-order valence-electron chi connectivity index (χ4n) is 1.06. The second-order valence-electron chi connectivity index (χ2n) is 2.86. The maximum atomic E-state index is 11.1. The number of amides is 1. The minimum atomic E-state index is 0.0537. The molecule has 0 saturated heterocycles. The Hall–Kier alpha value is -1.11. The molecule has 0 aliphatic carbocycles. The van der Waals surface area contributed by atoms with Gasteiger partial charge in [-0.05, 0) is 24.3 Å².